The molecule has 0 saturated carbocycles. The number of rotatable bonds is 6. The van der Waals surface area contributed by atoms with Crippen LogP contribution in [0, 0.1) is 0 Å². The number of carbonyl (C=O) groups excluding carboxylic acids is 2. The van der Waals surface area contributed by atoms with Crippen LogP contribution < -0.4 is 9.80 Å². The van der Waals surface area contributed by atoms with E-state index in [1.54, 1.807) is 36.4 Å². The number of hydrogen-bond acceptors (Lipinski definition) is 5. The zero-order valence-electron chi connectivity index (χ0n) is 18.4. The minimum atomic E-state index is -0.803. The number of carbonyl (C=O) groups is 2. The van der Waals surface area contributed by atoms with E-state index >= 15 is 0 Å². The summed E-state index contributed by atoms with van der Waals surface area (Å²) in [7, 11) is 0. The zero-order valence-corrected chi connectivity index (χ0v) is 19.2. The van der Waals surface area contributed by atoms with Gasteiger partial charge in [-0.15, -0.1) is 0 Å². The maximum atomic E-state index is 13.2. The zero-order chi connectivity index (χ0) is 23.5. The van der Waals surface area contributed by atoms with Crippen molar-refractivity contribution in [3.8, 4) is 0 Å². The van der Waals surface area contributed by atoms with E-state index in [1.807, 2.05) is 24.3 Å². The molecule has 1 N–H and O–H groups in total. The lowest BCUT2D eigenvalue weighted by Gasteiger charge is -2.27. The molecule has 0 aliphatic carbocycles. The third kappa shape index (κ3) is 4.22. The molecular weight excluding hydrogens is 438 g/mol. The fourth-order valence-electron chi connectivity index (χ4n) is 4.16. The monoisotopic (exact) mass is 461 g/mol. The van der Waals surface area contributed by atoms with Crippen LogP contribution in [-0.4, -0.2) is 34.9 Å². The molecule has 1 aromatic heterocycles. The standard InChI is InChI=1S/C26H24ClN3O3/c1-3-29(4-2)20-10-8-17(9-11-20)23-22(24(31)18-12-14-28-15-13-18)25(32)26(33)30(23)21-7-5-6-19(27)16-21/h5-16,23,31H,3-4H2,1-2H3/b24-22+. The molecule has 0 bridgehead atoms. The predicted octanol–water partition coefficient (Wildman–Crippen LogP) is 5.21. The molecule has 0 radical (unpaired) electrons. The molecule has 1 unspecified atom stereocenters. The Morgan fingerprint density at radius 3 is 2.30 bits per heavy atom. The lowest BCUT2D eigenvalue weighted by molar-refractivity contribution is -0.132. The number of nitrogens with zero attached hydrogens (tertiary/aromatic N) is 3. The van der Waals surface area contributed by atoms with Gasteiger partial charge in [-0.1, -0.05) is 29.8 Å². The van der Waals surface area contributed by atoms with Crippen molar-refractivity contribution in [1.29, 1.82) is 0 Å². The molecule has 3 aromatic rings. The Bertz CT molecular complexity index is 1200. The second kappa shape index (κ2) is 9.46. The van der Waals surface area contributed by atoms with Gasteiger partial charge in [-0.2, -0.15) is 0 Å². The summed E-state index contributed by atoms with van der Waals surface area (Å²) >= 11 is 6.19. The number of hydrogen-bond donors (Lipinski definition) is 1. The van der Waals surface area contributed by atoms with E-state index in [0.29, 0.717) is 21.8 Å². The minimum Gasteiger partial charge on any atom is -0.507 e. The van der Waals surface area contributed by atoms with Crippen LogP contribution in [0.4, 0.5) is 11.4 Å². The smallest absolute Gasteiger partial charge is 0.300 e. The summed E-state index contributed by atoms with van der Waals surface area (Å²) in [6.45, 7) is 5.89. The van der Waals surface area contributed by atoms with Crippen LogP contribution in [0.15, 0.2) is 78.6 Å². The van der Waals surface area contributed by atoms with E-state index in [-0.39, 0.29) is 11.3 Å². The summed E-state index contributed by atoms with van der Waals surface area (Å²) in [5.41, 5.74) is 2.68. The van der Waals surface area contributed by atoms with Gasteiger partial charge in [0.05, 0.1) is 11.6 Å². The Morgan fingerprint density at radius 1 is 1.03 bits per heavy atom. The van der Waals surface area contributed by atoms with E-state index in [9.17, 15) is 14.7 Å². The van der Waals surface area contributed by atoms with Gasteiger partial charge in [0.2, 0.25) is 0 Å². The number of pyridine rings is 1. The summed E-state index contributed by atoms with van der Waals surface area (Å²) in [4.78, 5) is 33.9. The summed E-state index contributed by atoms with van der Waals surface area (Å²) < 4.78 is 0. The van der Waals surface area contributed by atoms with E-state index in [1.165, 1.54) is 17.3 Å². The van der Waals surface area contributed by atoms with Crippen LogP contribution >= 0.6 is 11.6 Å². The lowest BCUT2D eigenvalue weighted by Crippen LogP contribution is -2.29. The van der Waals surface area contributed by atoms with Crippen molar-refractivity contribution in [2.24, 2.45) is 0 Å². The fraction of sp³-hybridized carbons (Fsp3) is 0.192. The Morgan fingerprint density at radius 2 is 1.70 bits per heavy atom. The molecule has 1 aliphatic heterocycles. The first kappa shape index (κ1) is 22.6. The van der Waals surface area contributed by atoms with Gasteiger partial charge >= 0.3 is 0 Å². The average Bonchev–Trinajstić information content (AvgIpc) is 3.11. The van der Waals surface area contributed by atoms with Crippen LogP contribution in [0.2, 0.25) is 5.02 Å². The lowest BCUT2D eigenvalue weighted by atomic mass is 9.95. The number of ketones is 1. The highest BCUT2D eigenvalue weighted by Crippen LogP contribution is 2.42. The van der Waals surface area contributed by atoms with E-state index in [0.717, 1.165) is 18.8 Å². The molecule has 2 heterocycles. The normalized spacial score (nSPS) is 17.4. The number of anilines is 2. The Labute approximate surface area is 197 Å². The van der Waals surface area contributed by atoms with Crippen molar-refractivity contribution in [3.05, 3.63) is 94.8 Å². The molecule has 7 heteroatoms. The van der Waals surface area contributed by atoms with E-state index in [2.05, 4.69) is 23.7 Å². The second-order valence-electron chi connectivity index (χ2n) is 7.65. The highest BCUT2D eigenvalue weighted by molar-refractivity contribution is 6.51. The maximum absolute atomic E-state index is 13.2. The molecule has 1 atom stereocenters. The summed E-state index contributed by atoms with van der Waals surface area (Å²) in [6.07, 6.45) is 3.05. The van der Waals surface area contributed by atoms with Gasteiger partial charge < -0.3 is 10.0 Å². The molecule has 4 rings (SSSR count). The molecule has 2 aromatic carbocycles. The van der Waals surface area contributed by atoms with Crippen molar-refractivity contribution < 1.29 is 14.7 Å². The van der Waals surface area contributed by atoms with Crippen LogP contribution in [0.5, 0.6) is 0 Å². The number of benzene rings is 2. The van der Waals surface area contributed by atoms with E-state index in [4.69, 9.17) is 11.6 Å². The fourth-order valence-corrected chi connectivity index (χ4v) is 4.35. The third-order valence-corrected chi connectivity index (χ3v) is 6.06. The predicted molar refractivity (Wildman–Crippen MR) is 130 cm³/mol. The molecule has 168 valence electrons. The van der Waals surface area contributed by atoms with Gasteiger partial charge in [-0.05, 0) is 61.9 Å². The van der Waals surface area contributed by atoms with Crippen molar-refractivity contribution in [2.45, 2.75) is 19.9 Å². The Balaban J connectivity index is 1.89. The first-order valence-electron chi connectivity index (χ1n) is 10.8. The molecule has 1 amide bonds. The number of aliphatic hydroxyl groups excluding tert-OH is 1. The molecule has 1 fully saturated rings. The molecule has 1 saturated heterocycles. The quantitative estimate of drug-likeness (QED) is 0.310. The van der Waals surface area contributed by atoms with Crippen LogP contribution in [-0.2, 0) is 9.59 Å². The van der Waals surface area contributed by atoms with E-state index < -0.39 is 17.7 Å². The van der Waals surface area contributed by atoms with Gasteiger partial charge in [-0.25, -0.2) is 0 Å². The van der Waals surface area contributed by atoms with Crippen molar-refractivity contribution in [2.75, 3.05) is 22.9 Å². The van der Waals surface area contributed by atoms with Crippen molar-refractivity contribution in [1.82, 2.24) is 4.98 Å². The average molecular weight is 462 g/mol. The van der Waals surface area contributed by atoms with Gasteiger partial charge in [-0.3, -0.25) is 19.5 Å². The van der Waals surface area contributed by atoms with Crippen molar-refractivity contribution in [3.63, 3.8) is 0 Å². The topological polar surface area (TPSA) is 73.7 Å². The number of aromatic nitrogens is 1. The molecular formula is C26H24ClN3O3. The largest absolute Gasteiger partial charge is 0.507 e. The first-order valence-corrected chi connectivity index (χ1v) is 11.2. The summed E-state index contributed by atoms with van der Waals surface area (Å²) in [5.74, 6) is -1.70. The molecule has 1 aliphatic rings. The maximum Gasteiger partial charge on any atom is 0.300 e. The van der Waals surface area contributed by atoms with Gasteiger partial charge in [0.25, 0.3) is 11.7 Å². The van der Waals surface area contributed by atoms with Gasteiger partial charge in [0.1, 0.15) is 5.76 Å². The number of amides is 1. The summed E-state index contributed by atoms with van der Waals surface area (Å²) in [5, 5.41) is 11.5. The van der Waals surface area contributed by atoms with Gasteiger partial charge in [0, 0.05) is 47.4 Å². The van der Waals surface area contributed by atoms with Crippen LogP contribution in [0.1, 0.15) is 31.0 Å². The second-order valence-corrected chi connectivity index (χ2v) is 8.09. The number of Topliss-reactive ketones (excluding diaryl/α,β-unsaturated/α-hetero) is 1. The number of halogens is 1. The molecule has 0 spiro atoms. The first-order chi connectivity index (χ1) is 16.0. The summed E-state index contributed by atoms with van der Waals surface area (Å²) in [6, 6.07) is 16.9. The SMILES string of the molecule is CCN(CC)c1ccc(C2/C(=C(\O)c3ccncc3)C(=O)C(=O)N2c2cccc(Cl)c2)cc1. The highest BCUT2D eigenvalue weighted by Gasteiger charge is 2.47. The third-order valence-electron chi connectivity index (χ3n) is 5.82. The molecule has 6 nitrogen and oxygen atoms in total. The highest BCUT2D eigenvalue weighted by atomic mass is 35.5. The van der Waals surface area contributed by atoms with Gasteiger partial charge in [0.15, 0.2) is 0 Å². The van der Waals surface area contributed by atoms with Crippen LogP contribution in [0.25, 0.3) is 5.76 Å². The van der Waals surface area contributed by atoms with Crippen molar-refractivity contribution >= 4 is 40.4 Å². The number of aliphatic hydroxyl groups is 1. The Hall–Kier alpha value is -3.64. The Kier molecular flexibility index (Phi) is 6.47. The molecule has 33 heavy (non-hydrogen) atoms. The van der Waals surface area contributed by atoms with Crippen LogP contribution in [0.3, 0.4) is 0 Å². The minimum absolute atomic E-state index is 0.0294.